The Hall–Kier alpha value is -0.810. The lowest BCUT2D eigenvalue weighted by atomic mass is 9.83. The van der Waals surface area contributed by atoms with Gasteiger partial charge in [-0.05, 0) is 52.1 Å². The maximum Gasteiger partial charge on any atom is 0.182 e. The summed E-state index contributed by atoms with van der Waals surface area (Å²) in [4.78, 5) is 13.5. The first-order valence-electron chi connectivity index (χ1n) is 6.82. The molecule has 0 radical (unpaired) electrons. The van der Waals surface area contributed by atoms with E-state index in [2.05, 4.69) is 16.5 Å². The summed E-state index contributed by atoms with van der Waals surface area (Å²) in [5, 5.41) is 4.09. The highest BCUT2D eigenvalue weighted by atomic mass is 32.1. The van der Waals surface area contributed by atoms with Gasteiger partial charge in [-0.2, -0.15) is 0 Å². The summed E-state index contributed by atoms with van der Waals surface area (Å²) >= 11 is 1.22. The second-order valence-corrected chi connectivity index (χ2v) is 7.14. The molecule has 2 heterocycles. The second kappa shape index (κ2) is 4.94. The van der Waals surface area contributed by atoms with Crippen molar-refractivity contribution in [2.45, 2.75) is 65.1 Å². The highest BCUT2D eigenvalue weighted by molar-refractivity contribution is 7.08. The molecule has 0 saturated carbocycles. The predicted octanol–water partition coefficient (Wildman–Crippen LogP) is 3.27. The Kier molecular flexibility index (Phi) is 3.80. The molecule has 1 aliphatic heterocycles. The Bertz CT molecular complexity index is 480. The molecule has 106 valence electrons. The van der Waals surface area contributed by atoms with Gasteiger partial charge in [-0.15, -0.1) is 5.10 Å². The van der Waals surface area contributed by atoms with E-state index in [1.165, 1.54) is 11.5 Å². The zero-order valence-corrected chi connectivity index (χ0v) is 13.1. The molecule has 0 aliphatic carbocycles. The van der Waals surface area contributed by atoms with Gasteiger partial charge in [-0.1, -0.05) is 17.8 Å². The zero-order valence-electron chi connectivity index (χ0n) is 12.3. The first kappa shape index (κ1) is 14.6. The van der Waals surface area contributed by atoms with Crippen LogP contribution in [0.1, 0.15) is 62.8 Å². The summed E-state index contributed by atoms with van der Waals surface area (Å²) in [6, 6.07) is 0. The minimum atomic E-state index is -0.423. The third kappa shape index (κ3) is 2.87. The van der Waals surface area contributed by atoms with Gasteiger partial charge in [-0.25, -0.2) is 0 Å². The normalized spacial score (nSPS) is 24.6. The first-order valence-corrected chi connectivity index (χ1v) is 7.60. The number of aryl methyl sites for hydroxylation is 1. The Labute approximate surface area is 118 Å². The number of aromatic nitrogens is 2. The third-order valence-corrected chi connectivity index (χ3v) is 4.44. The van der Waals surface area contributed by atoms with Gasteiger partial charge in [0.2, 0.25) is 0 Å². The monoisotopic (exact) mass is 282 g/mol. The third-order valence-electron chi connectivity index (χ3n) is 3.66. The van der Waals surface area contributed by atoms with Crippen LogP contribution in [0.2, 0.25) is 0 Å². The number of carbonyl (C=O) groups is 1. The molecule has 0 aromatic carbocycles. The van der Waals surface area contributed by atoms with E-state index in [0.29, 0.717) is 0 Å². The minimum Gasteiger partial charge on any atom is -0.369 e. The smallest absolute Gasteiger partial charge is 0.182 e. The van der Waals surface area contributed by atoms with Gasteiger partial charge in [0.25, 0.3) is 0 Å². The first-order chi connectivity index (χ1) is 8.77. The number of nitrogens with zero attached hydrogens (tertiary/aromatic N) is 2. The quantitative estimate of drug-likeness (QED) is 0.795. The molecular weight excluding hydrogens is 260 g/mol. The van der Waals surface area contributed by atoms with Crippen LogP contribution in [0.25, 0.3) is 0 Å². The van der Waals surface area contributed by atoms with Gasteiger partial charge < -0.3 is 4.74 Å². The molecule has 1 unspecified atom stereocenters. The summed E-state index contributed by atoms with van der Waals surface area (Å²) in [6.45, 7) is 10.2. The average molecular weight is 282 g/mol. The van der Waals surface area contributed by atoms with E-state index in [9.17, 15) is 4.79 Å². The number of hydrogen-bond acceptors (Lipinski definition) is 5. The number of ether oxygens (including phenoxy) is 1. The molecule has 1 saturated heterocycles. The van der Waals surface area contributed by atoms with E-state index >= 15 is 0 Å². The van der Waals surface area contributed by atoms with Gasteiger partial charge in [0, 0.05) is 0 Å². The second-order valence-electron chi connectivity index (χ2n) is 6.38. The Morgan fingerprint density at radius 1 is 1.42 bits per heavy atom. The minimum absolute atomic E-state index is 0.111. The van der Waals surface area contributed by atoms with Gasteiger partial charge >= 0.3 is 0 Å². The van der Waals surface area contributed by atoms with E-state index in [4.69, 9.17) is 4.74 Å². The molecule has 5 heteroatoms. The van der Waals surface area contributed by atoms with Crippen LogP contribution in [0.5, 0.6) is 0 Å². The fourth-order valence-electron chi connectivity index (χ4n) is 2.93. The number of rotatable bonds is 4. The van der Waals surface area contributed by atoms with Crippen molar-refractivity contribution in [2.24, 2.45) is 5.92 Å². The molecule has 1 atom stereocenters. The molecule has 19 heavy (non-hydrogen) atoms. The van der Waals surface area contributed by atoms with Crippen LogP contribution in [-0.4, -0.2) is 26.6 Å². The average Bonchev–Trinajstić information content (AvgIpc) is 2.80. The van der Waals surface area contributed by atoms with E-state index in [0.717, 1.165) is 29.8 Å². The summed E-state index contributed by atoms with van der Waals surface area (Å²) < 4.78 is 9.96. The van der Waals surface area contributed by atoms with Crippen molar-refractivity contribution in [3.63, 3.8) is 0 Å². The fraction of sp³-hybridized carbons (Fsp3) is 0.786. The maximum absolute atomic E-state index is 12.8. The predicted molar refractivity (Wildman–Crippen MR) is 75.6 cm³/mol. The lowest BCUT2D eigenvalue weighted by molar-refractivity contribution is -0.0712. The van der Waals surface area contributed by atoms with Gasteiger partial charge in [0.05, 0.1) is 22.8 Å². The number of ketones is 1. The van der Waals surface area contributed by atoms with Crippen molar-refractivity contribution in [2.75, 3.05) is 0 Å². The molecule has 1 aromatic heterocycles. The van der Waals surface area contributed by atoms with Gasteiger partial charge in [0.15, 0.2) is 5.78 Å². The maximum atomic E-state index is 12.8. The van der Waals surface area contributed by atoms with Crippen molar-refractivity contribution >= 4 is 17.3 Å². The summed E-state index contributed by atoms with van der Waals surface area (Å²) in [5.41, 5.74) is 0.180. The fourth-order valence-corrected chi connectivity index (χ4v) is 3.63. The topological polar surface area (TPSA) is 52.1 Å². The number of carbonyl (C=O) groups excluding carboxylic acids is 1. The van der Waals surface area contributed by atoms with Crippen molar-refractivity contribution in [3.8, 4) is 0 Å². The Balaban J connectivity index is 2.27. The van der Waals surface area contributed by atoms with Crippen LogP contribution >= 0.6 is 11.5 Å². The number of hydrogen-bond donors (Lipinski definition) is 0. The molecule has 0 bridgehead atoms. The number of Topliss-reactive ketones (excluding diaryl/α,β-unsaturated/α-hetero) is 1. The Morgan fingerprint density at radius 3 is 2.63 bits per heavy atom. The molecule has 0 amide bonds. The molecule has 1 fully saturated rings. The molecule has 1 aromatic rings. The van der Waals surface area contributed by atoms with Crippen molar-refractivity contribution < 1.29 is 9.53 Å². The molecular formula is C14H22N2O2S. The largest absolute Gasteiger partial charge is 0.369 e. The summed E-state index contributed by atoms with van der Waals surface area (Å²) in [7, 11) is 0. The Morgan fingerprint density at radius 2 is 2.11 bits per heavy atom. The van der Waals surface area contributed by atoms with Crippen LogP contribution in [-0.2, 0) is 11.2 Å². The van der Waals surface area contributed by atoms with Crippen LogP contribution in [0.3, 0.4) is 0 Å². The van der Waals surface area contributed by atoms with Gasteiger partial charge in [0.1, 0.15) is 4.88 Å². The molecule has 0 N–H and O–H groups in total. The standard InChI is InChI=1S/C14H22N2O2S/c1-6-7-10-12(19-16-15-10)11(17)9-8-13(2,3)18-14(9,4)5/h9H,6-8H2,1-5H3. The molecule has 1 aliphatic rings. The van der Waals surface area contributed by atoms with Crippen LogP contribution < -0.4 is 0 Å². The molecule has 2 rings (SSSR count). The van der Waals surface area contributed by atoms with Crippen LogP contribution in [0.15, 0.2) is 0 Å². The summed E-state index contributed by atoms with van der Waals surface area (Å²) in [6.07, 6.45) is 2.54. The van der Waals surface area contributed by atoms with Crippen LogP contribution in [0, 0.1) is 5.92 Å². The molecule has 4 nitrogen and oxygen atoms in total. The molecule has 0 spiro atoms. The lowest BCUT2D eigenvalue weighted by Crippen LogP contribution is -2.33. The van der Waals surface area contributed by atoms with E-state index in [-0.39, 0.29) is 17.3 Å². The SMILES string of the molecule is CCCc1nnsc1C(=O)C1CC(C)(C)OC1(C)C. The lowest BCUT2D eigenvalue weighted by Gasteiger charge is -2.26. The van der Waals surface area contributed by atoms with Crippen molar-refractivity contribution in [1.82, 2.24) is 9.59 Å². The summed E-state index contributed by atoms with van der Waals surface area (Å²) in [5.74, 6) is 0.0365. The van der Waals surface area contributed by atoms with E-state index < -0.39 is 5.60 Å². The highest BCUT2D eigenvalue weighted by Gasteiger charge is 2.50. The van der Waals surface area contributed by atoms with Gasteiger partial charge in [-0.3, -0.25) is 4.79 Å². The van der Waals surface area contributed by atoms with E-state index in [1.807, 2.05) is 27.7 Å². The van der Waals surface area contributed by atoms with Crippen molar-refractivity contribution in [1.29, 1.82) is 0 Å². The zero-order chi connectivity index (χ0) is 14.3. The van der Waals surface area contributed by atoms with Crippen molar-refractivity contribution in [3.05, 3.63) is 10.6 Å². The van der Waals surface area contributed by atoms with E-state index in [1.54, 1.807) is 0 Å². The van der Waals surface area contributed by atoms with Crippen LogP contribution in [0.4, 0.5) is 0 Å². The highest BCUT2D eigenvalue weighted by Crippen LogP contribution is 2.43.